The molecule has 17 heavy (non-hydrogen) atoms. The van der Waals surface area contributed by atoms with E-state index in [1.165, 1.54) is 11.1 Å². The molecule has 0 aliphatic heterocycles. The van der Waals surface area contributed by atoms with Crippen LogP contribution in [0.3, 0.4) is 0 Å². The van der Waals surface area contributed by atoms with Gasteiger partial charge in [0.1, 0.15) is 0 Å². The van der Waals surface area contributed by atoms with Crippen molar-refractivity contribution < 1.29 is 0 Å². The molecule has 0 bridgehead atoms. The third kappa shape index (κ3) is 4.26. The molecule has 0 aliphatic carbocycles. The third-order valence-corrected chi connectivity index (χ3v) is 3.34. The van der Waals surface area contributed by atoms with E-state index in [0.29, 0.717) is 0 Å². The second kappa shape index (κ2) is 6.34. The number of nitrogens with one attached hydrogen (secondary N) is 1. The molecule has 2 rings (SSSR count). The first-order valence-electron chi connectivity index (χ1n) is 5.43. The molecule has 2 aromatic carbocycles. The van der Waals surface area contributed by atoms with Crippen LogP contribution in [-0.2, 0) is 13.1 Å². The van der Waals surface area contributed by atoms with Crippen LogP contribution in [0.5, 0.6) is 0 Å². The molecule has 0 unspecified atom stereocenters. The standard InChI is InChI=1S/C14H13Br2N/c15-13-6-12(7-14(16)8-13)10-17-9-11-4-2-1-3-5-11/h1-8,17H,9-10H2. The molecule has 0 saturated heterocycles. The molecule has 0 aromatic heterocycles. The summed E-state index contributed by atoms with van der Waals surface area (Å²) in [7, 11) is 0. The van der Waals surface area contributed by atoms with Gasteiger partial charge in [-0.2, -0.15) is 0 Å². The molecular formula is C14H13Br2N. The van der Waals surface area contributed by atoms with Gasteiger partial charge in [0.25, 0.3) is 0 Å². The van der Waals surface area contributed by atoms with Gasteiger partial charge in [-0.3, -0.25) is 0 Å². The van der Waals surface area contributed by atoms with Crippen LogP contribution in [0, 0.1) is 0 Å². The minimum atomic E-state index is 0.868. The van der Waals surface area contributed by atoms with Crippen molar-refractivity contribution in [3.05, 3.63) is 68.6 Å². The minimum Gasteiger partial charge on any atom is -0.309 e. The van der Waals surface area contributed by atoms with Gasteiger partial charge in [0.15, 0.2) is 0 Å². The Hall–Kier alpha value is -0.640. The highest BCUT2D eigenvalue weighted by atomic mass is 79.9. The summed E-state index contributed by atoms with van der Waals surface area (Å²) in [5.41, 5.74) is 2.57. The SMILES string of the molecule is Brc1cc(Br)cc(CNCc2ccccc2)c1. The zero-order valence-electron chi connectivity index (χ0n) is 9.29. The lowest BCUT2D eigenvalue weighted by molar-refractivity contribution is 0.693. The van der Waals surface area contributed by atoms with Gasteiger partial charge in [0.2, 0.25) is 0 Å². The zero-order valence-corrected chi connectivity index (χ0v) is 12.5. The first-order chi connectivity index (χ1) is 8.24. The molecule has 1 nitrogen and oxygen atoms in total. The number of halogens is 2. The number of hydrogen-bond acceptors (Lipinski definition) is 1. The summed E-state index contributed by atoms with van der Waals surface area (Å²) >= 11 is 6.98. The molecule has 3 heteroatoms. The summed E-state index contributed by atoms with van der Waals surface area (Å²) < 4.78 is 2.20. The predicted molar refractivity (Wildman–Crippen MR) is 78.8 cm³/mol. The van der Waals surface area contributed by atoms with E-state index in [2.05, 4.69) is 73.6 Å². The van der Waals surface area contributed by atoms with E-state index < -0.39 is 0 Å². The monoisotopic (exact) mass is 353 g/mol. The highest BCUT2D eigenvalue weighted by Crippen LogP contribution is 2.20. The predicted octanol–water partition coefficient (Wildman–Crippen LogP) is 4.50. The largest absolute Gasteiger partial charge is 0.309 e. The Morgan fingerprint density at radius 2 is 1.35 bits per heavy atom. The molecule has 0 atom stereocenters. The molecule has 0 radical (unpaired) electrons. The second-order valence-electron chi connectivity index (χ2n) is 3.87. The number of hydrogen-bond donors (Lipinski definition) is 1. The van der Waals surface area contributed by atoms with Gasteiger partial charge in [0.05, 0.1) is 0 Å². The Morgan fingerprint density at radius 1 is 0.765 bits per heavy atom. The average molecular weight is 355 g/mol. The molecule has 0 saturated carbocycles. The fraction of sp³-hybridized carbons (Fsp3) is 0.143. The maximum absolute atomic E-state index is 3.49. The van der Waals surface area contributed by atoms with Crippen molar-refractivity contribution in [2.75, 3.05) is 0 Å². The van der Waals surface area contributed by atoms with Crippen molar-refractivity contribution in [1.82, 2.24) is 5.32 Å². The van der Waals surface area contributed by atoms with Gasteiger partial charge in [-0.1, -0.05) is 62.2 Å². The van der Waals surface area contributed by atoms with Crippen molar-refractivity contribution in [3.63, 3.8) is 0 Å². The van der Waals surface area contributed by atoms with E-state index in [0.717, 1.165) is 22.0 Å². The summed E-state index contributed by atoms with van der Waals surface area (Å²) in [5.74, 6) is 0. The lowest BCUT2D eigenvalue weighted by atomic mass is 10.2. The second-order valence-corrected chi connectivity index (χ2v) is 5.70. The highest BCUT2D eigenvalue weighted by Gasteiger charge is 1.97. The molecule has 0 aliphatic rings. The first kappa shape index (κ1) is 12.8. The van der Waals surface area contributed by atoms with E-state index >= 15 is 0 Å². The van der Waals surface area contributed by atoms with E-state index in [4.69, 9.17) is 0 Å². The van der Waals surface area contributed by atoms with Crippen molar-refractivity contribution in [1.29, 1.82) is 0 Å². The van der Waals surface area contributed by atoms with Crippen LogP contribution in [0.4, 0.5) is 0 Å². The maximum atomic E-state index is 3.49. The van der Waals surface area contributed by atoms with Crippen LogP contribution in [0.15, 0.2) is 57.5 Å². The molecule has 0 heterocycles. The highest BCUT2D eigenvalue weighted by molar-refractivity contribution is 9.11. The van der Waals surface area contributed by atoms with Gasteiger partial charge < -0.3 is 5.32 Å². The van der Waals surface area contributed by atoms with Crippen LogP contribution in [-0.4, -0.2) is 0 Å². The van der Waals surface area contributed by atoms with E-state index in [1.54, 1.807) is 0 Å². The van der Waals surface area contributed by atoms with Crippen LogP contribution >= 0.6 is 31.9 Å². The Labute approximate surface area is 119 Å². The normalized spacial score (nSPS) is 10.5. The summed E-state index contributed by atoms with van der Waals surface area (Å²) in [5, 5.41) is 3.43. The van der Waals surface area contributed by atoms with Crippen molar-refractivity contribution >= 4 is 31.9 Å². The van der Waals surface area contributed by atoms with Crippen LogP contribution < -0.4 is 5.32 Å². The molecule has 1 N–H and O–H groups in total. The summed E-state index contributed by atoms with van der Waals surface area (Å²) in [6.07, 6.45) is 0. The average Bonchev–Trinajstić information content (AvgIpc) is 2.29. The fourth-order valence-corrected chi connectivity index (χ4v) is 3.05. The molecule has 0 spiro atoms. The number of rotatable bonds is 4. The molecule has 88 valence electrons. The molecule has 2 aromatic rings. The summed E-state index contributed by atoms with van der Waals surface area (Å²) in [6.45, 7) is 1.76. The topological polar surface area (TPSA) is 12.0 Å². The van der Waals surface area contributed by atoms with E-state index in [-0.39, 0.29) is 0 Å². The van der Waals surface area contributed by atoms with Crippen LogP contribution in [0.2, 0.25) is 0 Å². The smallest absolute Gasteiger partial charge is 0.0209 e. The Bertz CT molecular complexity index is 463. The summed E-state index contributed by atoms with van der Waals surface area (Å²) in [4.78, 5) is 0. The third-order valence-electron chi connectivity index (χ3n) is 2.42. The van der Waals surface area contributed by atoms with Gasteiger partial charge in [-0.05, 0) is 29.3 Å². The fourth-order valence-electron chi connectivity index (χ4n) is 1.66. The Balaban J connectivity index is 1.90. The zero-order chi connectivity index (χ0) is 12.1. The van der Waals surface area contributed by atoms with Gasteiger partial charge in [-0.25, -0.2) is 0 Å². The maximum Gasteiger partial charge on any atom is 0.0209 e. The number of benzene rings is 2. The van der Waals surface area contributed by atoms with Crippen molar-refractivity contribution in [2.24, 2.45) is 0 Å². The quantitative estimate of drug-likeness (QED) is 0.852. The lowest BCUT2D eigenvalue weighted by Crippen LogP contribution is -2.12. The van der Waals surface area contributed by atoms with Crippen molar-refractivity contribution in [2.45, 2.75) is 13.1 Å². The van der Waals surface area contributed by atoms with Gasteiger partial charge in [0, 0.05) is 22.0 Å². The lowest BCUT2D eigenvalue weighted by Gasteiger charge is -2.06. The van der Waals surface area contributed by atoms with E-state index in [9.17, 15) is 0 Å². The molecule has 0 amide bonds. The van der Waals surface area contributed by atoms with Crippen LogP contribution in [0.1, 0.15) is 11.1 Å². The van der Waals surface area contributed by atoms with Crippen molar-refractivity contribution in [3.8, 4) is 0 Å². The van der Waals surface area contributed by atoms with Crippen LogP contribution in [0.25, 0.3) is 0 Å². The Morgan fingerprint density at radius 3 is 2.00 bits per heavy atom. The molecule has 0 fully saturated rings. The van der Waals surface area contributed by atoms with E-state index in [1.807, 2.05) is 12.1 Å². The summed E-state index contributed by atoms with van der Waals surface area (Å²) in [6, 6.07) is 16.7. The van der Waals surface area contributed by atoms with Gasteiger partial charge >= 0.3 is 0 Å². The molecular weight excluding hydrogens is 342 g/mol. The van der Waals surface area contributed by atoms with Gasteiger partial charge in [-0.15, -0.1) is 0 Å². The first-order valence-corrected chi connectivity index (χ1v) is 7.02. The minimum absolute atomic E-state index is 0.868. The Kier molecular flexibility index (Phi) is 4.77.